The molecule has 108 valence electrons. The van der Waals surface area contributed by atoms with Gasteiger partial charge in [-0.3, -0.25) is 14.9 Å². The minimum atomic E-state index is -0.684. The maximum Gasteiger partial charge on any atom is 0.273 e. The molecule has 1 saturated heterocycles. The average Bonchev–Trinajstić information content (AvgIpc) is 2.38. The topological polar surface area (TPSA) is 89.5 Å². The zero-order valence-corrected chi connectivity index (χ0v) is 12.1. The Bertz CT molecular complexity index is 544. The summed E-state index contributed by atoms with van der Waals surface area (Å²) in [5.74, 6) is -1.42. The van der Waals surface area contributed by atoms with E-state index in [4.69, 9.17) is 5.73 Å². The monoisotopic (exact) mass is 345 g/mol. The second kappa shape index (κ2) is 5.74. The summed E-state index contributed by atoms with van der Waals surface area (Å²) in [5.41, 5.74) is 5.21. The molecular weight excluding hydrogens is 333 g/mol. The van der Waals surface area contributed by atoms with Crippen LogP contribution in [0.2, 0.25) is 0 Å². The van der Waals surface area contributed by atoms with Crippen molar-refractivity contribution >= 4 is 33.2 Å². The third kappa shape index (κ3) is 2.90. The summed E-state index contributed by atoms with van der Waals surface area (Å²) in [6.07, 6.45) is 1.40. The second-order valence-electron chi connectivity index (χ2n) is 4.70. The van der Waals surface area contributed by atoms with E-state index >= 15 is 0 Å². The Balaban J connectivity index is 2.33. The fourth-order valence-electron chi connectivity index (χ4n) is 2.37. The van der Waals surface area contributed by atoms with Gasteiger partial charge in [-0.15, -0.1) is 0 Å². The number of halogens is 2. The lowest BCUT2D eigenvalue weighted by Crippen LogP contribution is -2.41. The van der Waals surface area contributed by atoms with Crippen LogP contribution in [0.15, 0.2) is 16.6 Å². The number of amides is 1. The highest BCUT2D eigenvalue weighted by atomic mass is 79.9. The third-order valence-corrected chi connectivity index (χ3v) is 3.96. The summed E-state index contributed by atoms with van der Waals surface area (Å²) >= 11 is 3.16. The molecule has 0 saturated carbocycles. The van der Waals surface area contributed by atoms with Crippen LogP contribution in [0.1, 0.15) is 12.8 Å². The Labute approximate surface area is 123 Å². The third-order valence-electron chi connectivity index (χ3n) is 3.35. The Morgan fingerprint density at radius 3 is 2.80 bits per heavy atom. The predicted octanol–water partition coefficient (Wildman–Crippen LogP) is 2.20. The molecule has 2 rings (SSSR count). The molecule has 1 atom stereocenters. The van der Waals surface area contributed by atoms with Gasteiger partial charge in [0.1, 0.15) is 0 Å². The van der Waals surface area contributed by atoms with E-state index in [0.29, 0.717) is 24.0 Å². The molecule has 0 bridgehead atoms. The number of rotatable bonds is 3. The Morgan fingerprint density at radius 2 is 2.25 bits per heavy atom. The fourth-order valence-corrected chi connectivity index (χ4v) is 3.05. The van der Waals surface area contributed by atoms with Crippen LogP contribution < -0.4 is 10.6 Å². The Kier molecular flexibility index (Phi) is 4.22. The quantitative estimate of drug-likeness (QED) is 0.671. The number of nitro benzene ring substituents is 1. The highest BCUT2D eigenvalue weighted by Gasteiger charge is 2.28. The molecule has 1 amide bonds. The highest BCUT2D eigenvalue weighted by Crippen LogP contribution is 2.35. The molecule has 1 heterocycles. The van der Waals surface area contributed by atoms with Crippen molar-refractivity contribution in [3.05, 3.63) is 32.5 Å². The second-order valence-corrected chi connectivity index (χ2v) is 5.56. The van der Waals surface area contributed by atoms with Gasteiger partial charge in [-0.05, 0) is 28.8 Å². The van der Waals surface area contributed by atoms with Gasteiger partial charge >= 0.3 is 0 Å². The summed E-state index contributed by atoms with van der Waals surface area (Å²) in [7, 11) is 0. The number of piperidine rings is 1. The first-order valence-electron chi connectivity index (χ1n) is 6.08. The van der Waals surface area contributed by atoms with Gasteiger partial charge in [0.05, 0.1) is 27.1 Å². The first-order valence-corrected chi connectivity index (χ1v) is 6.87. The highest BCUT2D eigenvalue weighted by molar-refractivity contribution is 9.10. The first-order chi connectivity index (χ1) is 9.40. The molecular formula is C12H13BrFN3O3. The molecule has 1 aromatic carbocycles. The molecule has 6 nitrogen and oxygen atoms in total. The van der Waals surface area contributed by atoms with Crippen molar-refractivity contribution in [3.8, 4) is 0 Å². The molecule has 0 spiro atoms. The number of carbonyl (C=O) groups excluding carboxylic acids is 1. The van der Waals surface area contributed by atoms with Crippen molar-refractivity contribution in [1.29, 1.82) is 0 Å². The number of anilines is 1. The normalized spacial score (nSPS) is 18.9. The van der Waals surface area contributed by atoms with E-state index in [-0.39, 0.29) is 17.3 Å². The van der Waals surface area contributed by atoms with Crippen LogP contribution in [0.3, 0.4) is 0 Å². The summed E-state index contributed by atoms with van der Waals surface area (Å²) < 4.78 is 14.4. The fraction of sp³-hybridized carbons (Fsp3) is 0.417. The molecule has 20 heavy (non-hydrogen) atoms. The Hall–Kier alpha value is -1.70. The lowest BCUT2D eigenvalue weighted by molar-refractivity contribution is -0.385. The van der Waals surface area contributed by atoms with E-state index in [1.807, 2.05) is 0 Å². The SMILES string of the molecule is NC(=O)[C@H]1CCCN(c2c(F)cc([N+](=O)[O-])cc2Br)C1. The van der Waals surface area contributed by atoms with Crippen LogP contribution in [0.25, 0.3) is 0 Å². The largest absolute Gasteiger partial charge is 0.369 e. The van der Waals surface area contributed by atoms with Crippen molar-refractivity contribution < 1.29 is 14.1 Å². The number of nitro groups is 1. The van der Waals surface area contributed by atoms with Gasteiger partial charge in [0.15, 0.2) is 5.82 Å². The van der Waals surface area contributed by atoms with Crippen LogP contribution >= 0.6 is 15.9 Å². The number of hydrogen-bond donors (Lipinski definition) is 1. The van der Waals surface area contributed by atoms with Gasteiger partial charge in [-0.1, -0.05) is 0 Å². The van der Waals surface area contributed by atoms with Crippen LogP contribution in [0.4, 0.5) is 15.8 Å². The van der Waals surface area contributed by atoms with Gasteiger partial charge < -0.3 is 10.6 Å². The van der Waals surface area contributed by atoms with E-state index in [2.05, 4.69) is 15.9 Å². The standard InChI is InChI=1S/C12H13BrFN3O3/c13-9-4-8(17(19)20)5-10(14)11(9)16-3-1-2-7(6-16)12(15)18/h4-5,7H,1-3,6H2,(H2,15,18)/t7-/m0/s1. The summed E-state index contributed by atoms with van der Waals surface area (Å²) in [5, 5.41) is 10.7. The van der Waals surface area contributed by atoms with Crippen LogP contribution in [0.5, 0.6) is 0 Å². The number of non-ortho nitro benzene ring substituents is 1. The van der Waals surface area contributed by atoms with Gasteiger partial charge in [-0.2, -0.15) is 0 Å². The smallest absolute Gasteiger partial charge is 0.273 e. The van der Waals surface area contributed by atoms with E-state index in [1.165, 1.54) is 6.07 Å². The van der Waals surface area contributed by atoms with Crippen molar-refractivity contribution in [2.45, 2.75) is 12.8 Å². The zero-order valence-electron chi connectivity index (χ0n) is 10.5. The number of benzene rings is 1. The predicted molar refractivity (Wildman–Crippen MR) is 74.9 cm³/mol. The molecule has 1 aliphatic rings. The first kappa shape index (κ1) is 14.7. The molecule has 1 fully saturated rings. The van der Waals surface area contributed by atoms with Gasteiger partial charge in [-0.25, -0.2) is 4.39 Å². The van der Waals surface area contributed by atoms with Crippen molar-refractivity contribution in [2.24, 2.45) is 11.7 Å². The molecule has 1 aliphatic heterocycles. The molecule has 0 aromatic heterocycles. The Morgan fingerprint density at radius 1 is 1.55 bits per heavy atom. The number of hydrogen-bond acceptors (Lipinski definition) is 4. The lowest BCUT2D eigenvalue weighted by atomic mass is 9.97. The number of carbonyl (C=O) groups is 1. The molecule has 1 aromatic rings. The summed E-state index contributed by atoms with van der Waals surface area (Å²) in [4.78, 5) is 23.0. The number of nitrogens with zero attached hydrogens (tertiary/aromatic N) is 2. The summed E-state index contributed by atoms with van der Waals surface area (Å²) in [6, 6.07) is 2.14. The van der Waals surface area contributed by atoms with E-state index < -0.39 is 16.6 Å². The number of primary amides is 1. The minimum absolute atomic E-state index is 0.238. The van der Waals surface area contributed by atoms with Crippen molar-refractivity contribution in [2.75, 3.05) is 18.0 Å². The van der Waals surface area contributed by atoms with Crippen molar-refractivity contribution in [1.82, 2.24) is 0 Å². The molecule has 8 heteroatoms. The van der Waals surface area contributed by atoms with Crippen LogP contribution in [-0.2, 0) is 4.79 Å². The van der Waals surface area contributed by atoms with E-state index in [1.54, 1.807) is 4.90 Å². The average molecular weight is 346 g/mol. The van der Waals surface area contributed by atoms with Crippen LogP contribution in [-0.4, -0.2) is 23.9 Å². The van der Waals surface area contributed by atoms with Gasteiger partial charge in [0.2, 0.25) is 5.91 Å². The zero-order chi connectivity index (χ0) is 14.9. The minimum Gasteiger partial charge on any atom is -0.369 e. The lowest BCUT2D eigenvalue weighted by Gasteiger charge is -2.33. The maximum absolute atomic E-state index is 14.1. The van der Waals surface area contributed by atoms with E-state index in [9.17, 15) is 19.3 Å². The maximum atomic E-state index is 14.1. The number of nitrogens with two attached hydrogens (primary N) is 1. The molecule has 2 N–H and O–H groups in total. The van der Waals surface area contributed by atoms with Gasteiger partial charge in [0.25, 0.3) is 5.69 Å². The van der Waals surface area contributed by atoms with Crippen molar-refractivity contribution in [3.63, 3.8) is 0 Å². The molecule has 0 unspecified atom stereocenters. The van der Waals surface area contributed by atoms with Crippen LogP contribution in [0, 0.1) is 21.8 Å². The molecule has 0 radical (unpaired) electrons. The van der Waals surface area contributed by atoms with E-state index in [0.717, 1.165) is 12.5 Å². The summed E-state index contributed by atoms with van der Waals surface area (Å²) in [6.45, 7) is 0.903. The van der Waals surface area contributed by atoms with Gasteiger partial charge in [0, 0.05) is 19.2 Å². The molecule has 0 aliphatic carbocycles.